The fourth-order valence-electron chi connectivity index (χ4n) is 2.26. The molecule has 0 saturated carbocycles. The van der Waals surface area contributed by atoms with Crippen molar-refractivity contribution in [1.82, 2.24) is 0 Å². The molecule has 0 aliphatic carbocycles. The Morgan fingerprint density at radius 3 is 2.19 bits per heavy atom. The highest BCUT2D eigenvalue weighted by molar-refractivity contribution is 5.68. The van der Waals surface area contributed by atoms with E-state index in [1.165, 1.54) is 0 Å². The second-order valence-corrected chi connectivity index (χ2v) is 4.20. The van der Waals surface area contributed by atoms with Gasteiger partial charge in [-0.1, -0.05) is 6.92 Å². The maximum atomic E-state index is 10.8. The smallest absolute Gasteiger partial charge is 0.303 e. The second-order valence-electron chi connectivity index (χ2n) is 4.20. The zero-order valence-corrected chi connectivity index (χ0v) is 9.95. The minimum atomic E-state index is -0.779. The van der Waals surface area contributed by atoms with Crippen LogP contribution < -0.4 is 0 Å². The lowest BCUT2D eigenvalue weighted by Gasteiger charge is -2.18. The predicted molar refractivity (Wildman–Crippen MR) is 62.9 cm³/mol. The van der Waals surface area contributed by atoms with Crippen molar-refractivity contribution in [2.75, 3.05) is 0 Å². The van der Waals surface area contributed by atoms with Crippen LogP contribution in [0.5, 0.6) is 5.75 Å². The van der Waals surface area contributed by atoms with E-state index in [-0.39, 0.29) is 18.1 Å². The van der Waals surface area contributed by atoms with Gasteiger partial charge in [0.15, 0.2) is 0 Å². The number of aliphatic carboxylic acids is 1. The summed E-state index contributed by atoms with van der Waals surface area (Å²) in [5.74, 6) is -0.513. The third-order valence-electron chi connectivity index (χ3n) is 2.90. The number of aryl methyl sites for hydroxylation is 2. The first kappa shape index (κ1) is 12.6. The Balaban J connectivity index is 3.14. The van der Waals surface area contributed by atoms with Gasteiger partial charge in [0.1, 0.15) is 5.75 Å². The number of benzene rings is 1. The molecular weight excluding hydrogens is 204 g/mol. The lowest BCUT2D eigenvalue weighted by atomic mass is 9.86. The van der Waals surface area contributed by atoms with E-state index >= 15 is 0 Å². The third kappa shape index (κ3) is 2.75. The lowest BCUT2D eigenvalue weighted by Crippen LogP contribution is -2.08. The number of hydrogen-bond donors (Lipinski definition) is 2. The number of phenolic OH excluding ortho intramolecular Hbond substituents is 1. The standard InChI is InChI=1S/C13H18O3/c1-4-10(7-12(15)16)13-8(2)5-11(14)6-9(13)3/h5-6,10,14H,4,7H2,1-3H3,(H,15,16)/t10-/m0/s1. The molecule has 0 saturated heterocycles. The zero-order chi connectivity index (χ0) is 12.3. The van der Waals surface area contributed by atoms with E-state index in [9.17, 15) is 9.90 Å². The molecule has 2 N–H and O–H groups in total. The van der Waals surface area contributed by atoms with Crippen LogP contribution >= 0.6 is 0 Å². The highest BCUT2D eigenvalue weighted by atomic mass is 16.4. The summed E-state index contributed by atoms with van der Waals surface area (Å²) in [5.41, 5.74) is 2.99. The summed E-state index contributed by atoms with van der Waals surface area (Å²) in [6.07, 6.45) is 0.932. The normalized spacial score (nSPS) is 12.4. The molecule has 0 amide bonds. The number of hydrogen-bond acceptors (Lipinski definition) is 2. The van der Waals surface area contributed by atoms with Crippen molar-refractivity contribution in [1.29, 1.82) is 0 Å². The van der Waals surface area contributed by atoms with E-state index in [1.54, 1.807) is 12.1 Å². The van der Waals surface area contributed by atoms with Crippen molar-refractivity contribution in [2.45, 2.75) is 39.5 Å². The molecule has 88 valence electrons. The Labute approximate surface area is 95.7 Å². The molecule has 0 aliphatic rings. The molecule has 1 atom stereocenters. The van der Waals surface area contributed by atoms with E-state index in [1.807, 2.05) is 20.8 Å². The first-order valence-electron chi connectivity index (χ1n) is 5.47. The topological polar surface area (TPSA) is 57.5 Å². The van der Waals surface area contributed by atoms with Crippen molar-refractivity contribution < 1.29 is 15.0 Å². The molecular formula is C13H18O3. The van der Waals surface area contributed by atoms with Gasteiger partial charge in [-0.05, 0) is 55.0 Å². The van der Waals surface area contributed by atoms with Crippen molar-refractivity contribution >= 4 is 5.97 Å². The number of rotatable bonds is 4. The van der Waals surface area contributed by atoms with Gasteiger partial charge in [-0.3, -0.25) is 4.79 Å². The van der Waals surface area contributed by atoms with E-state index in [2.05, 4.69) is 0 Å². The van der Waals surface area contributed by atoms with Crippen LogP contribution in [-0.2, 0) is 4.79 Å². The average Bonchev–Trinajstić information content (AvgIpc) is 2.13. The summed E-state index contributed by atoms with van der Waals surface area (Å²) < 4.78 is 0. The van der Waals surface area contributed by atoms with Crippen molar-refractivity contribution in [3.63, 3.8) is 0 Å². The molecule has 0 spiro atoms. The molecule has 0 heterocycles. The molecule has 0 radical (unpaired) electrons. The molecule has 1 aromatic rings. The predicted octanol–water partition coefficient (Wildman–Crippen LogP) is 2.98. The molecule has 0 bridgehead atoms. The van der Waals surface area contributed by atoms with Gasteiger partial charge in [0, 0.05) is 0 Å². The van der Waals surface area contributed by atoms with Crippen LogP contribution in [0.4, 0.5) is 0 Å². The lowest BCUT2D eigenvalue weighted by molar-refractivity contribution is -0.137. The minimum absolute atomic E-state index is 0.0260. The zero-order valence-electron chi connectivity index (χ0n) is 9.95. The molecule has 1 aromatic carbocycles. The van der Waals surface area contributed by atoms with E-state index in [4.69, 9.17) is 5.11 Å². The summed E-state index contributed by atoms with van der Waals surface area (Å²) in [6, 6.07) is 3.37. The average molecular weight is 222 g/mol. The molecule has 3 heteroatoms. The van der Waals surface area contributed by atoms with Crippen LogP contribution in [0.2, 0.25) is 0 Å². The van der Waals surface area contributed by atoms with E-state index in [0.717, 1.165) is 23.1 Å². The van der Waals surface area contributed by atoms with E-state index in [0.29, 0.717) is 0 Å². The number of carboxylic acids is 1. The highest BCUT2D eigenvalue weighted by Crippen LogP contribution is 2.31. The van der Waals surface area contributed by atoms with Gasteiger partial charge in [0.05, 0.1) is 6.42 Å². The minimum Gasteiger partial charge on any atom is -0.508 e. The fourth-order valence-corrected chi connectivity index (χ4v) is 2.26. The summed E-state index contributed by atoms with van der Waals surface area (Å²) in [5, 5.41) is 18.3. The summed E-state index contributed by atoms with van der Waals surface area (Å²) in [6.45, 7) is 5.80. The Hall–Kier alpha value is -1.51. The van der Waals surface area contributed by atoms with Crippen LogP contribution in [-0.4, -0.2) is 16.2 Å². The Morgan fingerprint density at radius 2 is 1.81 bits per heavy atom. The first-order valence-corrected chi connectivity index (χ1v) is 5.47. The largest absolute Gasteiger partial charge is 0.508 e. The number of phenols is 1. The van der Waals surface area contributed by atoms with Crippen molar-refractivity contribution in [2.24, 2.45) is 0 Å². The molecule has 16 heavy (non-hydrogen) atoms. The van der Waals surface area contributed by atoms with Gasteiger partial charge < -0.3 is 10.2 Å². The van der Waals surface area contributed by atoms with Crippen LogP contribution in [0.25, 0.3) is 0 Å². The quantitative estimate of drug-likeness (QED) is 0.823. The van der Waals surface area contributed by atoms with Gasteiger partial charge in [0.25, 0.3) is 0 Å². The van der Waals surface area contributed by atoms with Crippen LogP contribution in [0.1, 0.15) is 42.4 Å². The Bertz CT molecular complexity index is 373. The highest BCUT2D eigenvalue weighted by Gasteiger charge is 2.18. The van der Waals surface area contributed by atoms with Crippen LogP contribution in [0.3, 0.4) is 0 Å². The van der Waals surface area contributed by atoms with Gasteiger partial charge in [0.2, 0.25) is 0 Å². The summed E-state index contributed by atoms with van der Waals surface area (Å²) in [4.78, 5) is 10.8. The first-order chi connectivity index (χ1) is 7.45. The second kappa shape index (κ2) is 5.01. The molecule has 3 nitrogen and oxygen atoms in total. The maximum Gasteiger partial charge on any atom is 0.303 e. The Morgan fingerprint density at radius 1 is 1.31 bits per heavy atom. The SMILES string of the molecule is CC[C@@H](CC(=O)O)c1c(C)cc(O)cc1C. The molecule has 1 rings (SSSR count). The van der Waals surface area contributed by atoms with Crippen molar-refractivity contribution in [3.05, 3.63) is 28.8 Å². The van der Waals surface area contributed by atoms with Gasteiger partial charge in [-0.15, -0.1) is 0 Å². The summed E-state index contributed by atoms with van der Waals surface area (Å²) in [7, 11) is 0. The third-order valence-corrected chi connectivity index (χ3v) is 2.90. The van der Waals surface area contributed by atoms with Gasteiger partial charge in [-0.25, -0.2) is 0 Å². The summed E-state index contributed by atoms with van der Waals surface area (Å²) >= 11 is 0. The number of carbonyl (C=O) groups is 1. The number of aromatic hydroxyl groups is 1. The molecule has 0 unspecified atom stereocenters. The van der Waals surface area contributed by atoms with Gasteiger partial charge >= 0.3 is 5.97 Å². The molecule has 0 aromatic heterocycles. The maximum absolute atomic E-state index is 10.8. The molecule has 0 fully saturated rings. The van der Waals surface area contributed by atoms with Crippen molar-refractivity contribution in [3.8, 4) is 5.75 Å². The molecule has 0 aliphatic heterocycles. The van der Waals surface area contributed by atoms with Crippen LogP contribution in [0, 0.1) is 13.8 Å². The van der Waals surface area contributed by atoms with E-state index < -0.39 is 5.97 Å². The van der Waals surface area contributed by atoms with Gasteiger partial charge in [-0.2, -0.15) is 0 Å². The number of carboxylic acid groups (broad SMARTS) is 1. The monoisotopic (exact) mass is 222 g/mol. The van der Waals surface area contributed by atoms with Crippen LogP contribution in [0.15, 0.2) is 12.1 Å². The fraction of sp³-hybridized carbons (Fsp3) is 0.462. The Kier molecular flexibility index (Phi) is 3.93.